The van der Waals surface area contributed by atoms with Crippen LogP contribution in [-0.2, 0) is 7.05 Å². The van der Waals surface area contributed by atoms with Crippen molar-refractivity contribution >= 4 is 22.4 Å². The van der Waals surface area contributed by atoms with Gasteiger partial charge in [0, 0.05) is 29.2 Å². The van der Waals surface area contributed by atoms with Crippen LogP contribution in [-0.4, -0.2) is 14.9 Å². The highest BCUT2D eigenvalue weighted by Gasteiger charge is 2.11. The molecule has 0 aliphatic heterocycles. The van der Waals surface area contributed by atoms with Crippen LogP contribution in [0.25, 0.3) is 22.0 Å². The topological polar surface area (TPSA) is 38.0 Å². The van der Waals surface area contributed by atoms with E-state index < -0.39 is 0 Å². The molecular weight excluding hydrogens is 248 g/mol. The standard InChI is InChI=1S/C14H11ClN2O/c1-17-13(6-7-16-17)11-5-3-9-2-4-10(15)8-12(9)14(11)18/h2-8,18H,1H3. The maximum Gasteiger partial charge on any atom is 0.132 e. The zero-order valence-corrected chi connectivity index (χ0v) is 10.5. The lowest BCUT2D eigenvalue weighted by Crippen LogP contribution is -1.93. The van der Waals surface area contributed by atoms with E-state index in [1.165, 1.54) is 0 Å². The largest absolute Gasteiger partial charge is 0.507 e. The number of halogens is 1. The predicted octanol–water partition coefficient (Wildman–Crippen LogP) is 3.60. The number of hydrogen-bond acceptors (Lipinski definition) is 2. The van der Waals surface area contributed by atoms with Crippen LogP contribution in [0.15, 0.2) is 42.6 Å². The molecule has 90 valence electrons. The average molecular weight is 259 g/mol. The van der Waals surface area contributed by atoms with Crippen molar-refractivity contribution in [3.05, 3.63) is 47.6 Å². The lowest BCUT2D eigenvalue weighted by atomic mass is 10.0. The molecule has 0 saturated carbocycles. The van der Waals surface area contributed by atoms with E-state index in [1.807, 2.05) is 37.4 Å². The number of phenols is 1. The zero-order valence-electron chi connectivity index (χ0n) is 9.76. The van der Waals surface area contributed by atoms with E-state index in [0.29, 0.717) is 5.02 Å². The summed E-state index contributed by atoms with van der Waals surface area (Å²) >= 11 is 5.97. The van der Waals surface area contributed by atoms with Crippen LogP contribution in [0.5, 0.6) is 5.75 Å². The first-order valence-corrected chi connectivity index (χ1v) is 5.94. The van der Waals surface area contributed by atoms with E-state index in [4.69, 9.17) is 11.6 Å². The molecule has 0 unspecified atom stereocenters. The molecule has 0 aliphatic carbocycles. The van der Waals surface area contributed by atoms with Gasteiger partial charge in [0.25, 0.3) is 0 Å². The monoisotopic (exact) mass is 258 g/mol. The minimum Gasteiger partial charge on any atom is -0.507 e. The number of nitrogens with zero attached hydrogens (tertiary/aromatic N) is 2. The van der Waals surface area contributed by atoms with Gasteiger partial charge in [-0.15, -0.1) is 0 Å². The van der Waals surface area contributed by atoms with Crippen molar-refractivity contribution < 1.29 is 5.11 Å². The maximum absolute atomic E-state index is 10.4. The molecule has 0 amide bonds. The first-order valence-electron chi connectivity index (χ1n) is 5.56. The van der Waals surface area contributed by atoms with Crippen LogP contribution < -0.4 is 0 Å². The van der Waals surface area contributed by atoms with Gasteiger partial charge in [-0.3, -0.25) is 4.68 Å². The smallest absolute Gasteiger partial charge is 0.132 e. The molecule has 0 atom stereocenters. The normalized spacial score (nSPS) is 11.0. The van der Waals surface area contributed by atoms with E-state index in [1.54, 1.807) is 16.9 Å². The fourth-order valence-corrected chi connectivity index (χ4v) is 2.29. The van der Waals surface area contributed by atoms with E-state index in [-0.39, 0.29) is 5.75 Å². The van der Waals surface area contributed by atoms with Gasteiger partial charge >= 0.3 is 0 Å². The number of aromatic hydroxyl groups is 1. The fraction of sp³-hybridized carbons (Fsp3) is 0.0714. The summed E-state index contributed by atoms with van der Waals surface area (Å²) in [6.45, 7) is 0. The van der Waals surface area contributed by atoms with Crippen molar-refractivity contribution in [3.8, 4) is 17.0 Å². The molecule has 0 radical (unpaired) electrons. The van der Waals surface area contributed by atoms with Crippen molar-refractivity contribution in [1.29, 1.82) is 0 Å². The van der Waals surface area contributed by atoms with Crippen LogP contribution in [0.1, 0.15) is 0 Å². The highest BCUT2D eigenvalue weighted by molar-refractivity contribution is 6.31. The Morgan fingerprint density at radius 2 is 1.94 bits per heavy atom. The zero-order chi connectivity index (χ0) is 12.7. The van der Waals surface area contributed by atoms with E-state index >= 15 is 0 Å². The first-order chi connectivity index (χ1) is 8.66. The third-order valence-electron chi connectivity index (χ3n) is 3.05. The Bertz CT molecular complexity index is 734. The summed E-state index contributed by atoms with van der Waals surface area (Å²) in [6, 6.07) is 11.2. The van der Waals surface area contributed by atoms with E-state index in [0.717, 1.165) is 22.0 Å². The summed E-state index contributed by atoms with van der Waals surface area (Å²) in [5, 5.41) is 16.8. The van der Waals surface area contributed by atoms with Gasteiger partial charge in [-0.05, 0) is 29.7 Å². The Morgan fingerprint density at radius 3 is 2.67 bits per heavy atom. The lowest BCUT2D eigenvalue weighted by molar-refractivity contribution is 0.483. The van der Waals surface area contributed by atoms with Gasteiger partial charge in [0.15, 0.2) is 0 Å². The average Bonchev–Trinajstić information content (AvgIpc) is 2.77. The van der Waals surface area contributed by atoms with Gasteiger partial charge in [-0.1, -0.05) is 23.7 Å². The number of phenolic OH excluding ortho intramolecular Hbond substituents is 1. The minimum absolute atomic E-state index is 0.235. The number of fused-ring (bicyclic) bond motifs is 1. The molecule has 1 N–H and O–H groups in total. The lowest BCUT2D eigenvalue weighted by Gasteiger charge is -2.08. The summed E-state index contributed by atoms with van der Waals surface area (Å²) in [6.07, 6.45) is 1.71. The van der Waals surface area contributed by atoms with Gasteiger partial charge in [-0.25, -0.2) is 0 Å². The van der Waals surface area contributed by atoms with Crippen LogP contribution in [0.3, 0.4) is 0 Å². The highest BCUT2D eigenvalue weighted by atomic mass is 35.5. The molecule has 1 aromatic heterocycles. The Morgan fingerprint density at radius 1 is 1.17 bits per heavy atom. The second kappa shape index (κ2) is 4.03. The molecule has 3 nitrogen and oxygen atoms in total. The van der Waals surface area contributed by atoms with Crippen LogP contribution in [0, 0.1) is 0 Å². The molecule has 1 heterocycles. The Hall–Kier alpha value is -2.00. The van der Waals surface area contributed by atoms with Crippen molar-refractivity contribution in [2.75, 3.05) is 0 Å². The van der Waals surface area contributed by atoms with Gasteiger partial charge in [-0.2, -0.15) is 5.10 Å². The van der Waals surface area contributed by atoms with Crippen molar-refractivity contribution in [1.82, 2.24) is 9.78 Å². The molecule has 0 saturated heterocycles. The molecule has 18 heavy (non-hydrogen) atoms. The molecule has 2 aromatic carbocycles. The summed E-state index contributed by atoms with van der Waals surface area (Å²) < 4.78 is 1.73. The second-order valence-corrected chi connectivity index (χ2v) is 4.60. The molecule has 4 heteroatoms. The Balaban J connectivity index is 2.32. The summed E-state index contributed by atoms with van der Waals surface area (Å²) in [4.78, 5) is 0. The number of aryl methyl sites for hydroxylation is 1. The molecule has 0 aliphatic rings. The van der Waals surface area contributed by atoms with E-state index in [9.17, 15) is 5.11 Å². The van der Waals surface area contributed by atoms with Gasteiger partial charge in [0.05, 0.1) is 5.69 Å². The third kappa shape index (κ3) is 1.64. The Labute approximate surface area is 109 Å². The summed E-state index contributed by atoms with van der Waals surface area (Å²) in [5.74, 6) is 0.235. The first kappa shape index (κ1) is 11.1. The van der Waals surface area contributed by atoms with Crippen molar-refractivity contribution in [2.24, 2.45) is 7.05 Å². The number of benzene rings is 2. The van der Waals surface area contributed by atoms with Crippen molar-refractivity contribution in [2.45, 2.75) is 0 Å². The SMILES string of the molecule is Cn1nccc1-c1ccc2ccc(Cl)cc2c1O. The van der Waals surface area contributed by atoms with Gasteiger partial charge < -0.3 is 5.11 Å². The van der Waals surface area contributed by atoms with Crippen LogP contribution >= 0.6 is 11.6 Å². The molecule has 0 spiro atoms. The van der Waals surface area contributed by atoms with Crippen LogP contribution in [0.2, 0.25) is 5.02 Å². The summed E-state index contributed by atoms with van der Waals surface area (Å²) in [7, 11) is 1.84. The second-order valence-electron chi connectivity index (χ2n) is 4.17. The van der Waals surface area contributed by atoms with Gasteiger partial charge in [0.2, 0.25) is 0 Å². The van der Waals surface area contributed by atoms with Gasteiger partial charge in [0.1, 0.15) is 5.75 Å². The quantitative estimate of drug-likeness (QED) is 0.724. The summed E-state index contributed by atoms with van der Waals surface area (Å²) in [5.41, 5.74) is 1.62. The molecule has 0 fully saturated rings. The molecule has 3 aromatic rings. The predicted molar refractivity (Wildman–Crippen MR) is 72.8 cm³/mol. The Kier molecular flexibility index (Phi) is 2.49. The van der Waals surface area contributed by atoms with Crippen LogP contribution in [0.4, 0.5) is 0 Å². The molecule has 3 rings (SSSR count). The fourth-order valence-electron chi connectivity index (χ4n) is 2.12. The highest BCUT2D eigenvalue weighted by Crippen LogP contribution is 2.36. The number of rotatable bonds is 1. The third-order valence-corrected chi connectivity index (χ3v) is 3.29. The molecule has 0 bridgehead atoms. The number of hydrogen-bond donors (Lipinski definition) is 1. The maximum atomic E-state index is 10.4. The van der Waals surface area contributed by atoms with E-state index in [2.05, 4.69) is 5.10 Å². The minimum atomic E-state index is 0.235. The number of aromatic nitrogens is 2. The van der Waals surface area contributed by atoms with Crippen molar-refractivity contribution in [3.63, 3.8) is 0 Å². The molecular formula is C14H11ClN2O.